The molecular formula is C26H25F2N5O2. The third-order valence-corrected chi connectivity index (χ3v) is 7.09. The maximum absolute atomic E-state index is 13.2. The minimum atomic E-state index is -2.69. The van der Waals surface area contributed by atoms with Crippen LogP contribution in [-0.2, 0) is 11.8 Å². The first-order valence-corrected chi connectivity index (χ1v) is 11.7. The predicted molar refractivity (Wildman–Crippen MR) is 126 cm³/mol. The van der Waals surface area contributed by atoms with E-state index < -0.39 is 17.7 Å². The summed E-state index contributed by atoms with van der Waals surface area (Å²) in [4.78, 5) is 31.0. The summed E-state index contributed by atoms with van der Waals surface area (Å²) in [6.45, 7) is 1.11. The Hall–Kier alpha value is -3.80. The summed E-state index contributed by atoms with van der Waals surface area (Å²) in [5.41, 5.74) is 3.32. The largest absolute Gasteiger partial charge is 0.350 e. The molecule has 0 unspecified atom stereocenters. The first kappa shape index (κ1) is 23.0. The third-order valence-electron chi connectivity index (χ3n) is 7.09. The van der Waals surface area contributed by atoms with E-state index in [0.717, 1.165) is 29.3 Å². The average Bonchev–Trinajstić information content (AvgIpc) is 3.17. The number of anilines is 1. The van der Waals surface area contributed by atoms with Crippen molar-refractivity contribution in [3.8, 4) is 6.07 Å². The number of nitrogens with zero attached hydrogens (tertiary/aromatic N) is 4. The Kier molecular flexibility index (Phi) is 5.75. The third kappa shape index (κ3) is 4.48. The molecule has 0 radical (unpaired) electrons. The molecule has 1 saturated carbocycles. The summed E-state index contributed by atoms with van der Waals surface area (Å²) < 4.78 is 28.4. The van der Waals surface area contributed by atoms with Gasteiger partial charge in [0.25, 0.3) is 5.91 Å². The van der Waals surface area contributed by atoms with Crippen molar-refractivity contribution in [2.75, 3.05) is 18.4 Å². The van der Waals surface area contributed by atoms with Gasteiger partial charge in [0, 0.05) is 67.9 Å². The first-order valence-electron chi connectivity index (χ1n) is 11.7. The fourth-order valence-corrected chi connectivity index (χ4v) is 5.15. The van der Waals surface area contributed by atoms with Crippen molar-refractivity contribution in [3.63, 3.8) is 0 Å². The van der Waals surface area contributed by atoms with Gasteiger partial charge in [0.05, 0.1) is 11.6 Å². The number of nitrogens with one attached hydrogen (secondary N) is 1. The lowest BCUT2D eigenvalue weighted by molar-refractivity contribution is -0.160. The Morgan fingerprint density at radius 2 is 1.91 bits per heavy atom. The van der Waals surface area contributed by atoms with Crippen LogP contribution in [0.5, 0.6) is 0 Å². The topological polar surface area (TPSA) is 91.0 Å². The lowest BCUT2D eigenvalue weighted by Gasteiger charge is -2.39. The fourth-order valence-electron chi connectivity index (χ4n) is 5.15. The van der Waals surface area contributed by atoms with Gasteiger partial charge in [-0.25, -0.2) is 8.78 Å². The zero-order chi connectivity index (χ0) is 24.7. The lowest BCUT2D eigenvalue weighted by atomic mass is 9.79. The zero-order valence-corrected chi connectivity index (χ0v) is 19.3. The number of piperidine rings is 1. The number of rotatable bonds is 4. The van der Waals surface area contributed by atoms with E-state index in [1.807, 2.05) is 35.9 Å². The number of carbonyl (C=O) groups excluding carboxylic acids is 2. The zero-order valence-electron chi connectivity index (χ0n) is 19.3. The van der Waals surface area contributed by atoms with Gasteiger partial charge in [-0.3, -0.25) is 14.6 Å². The summed E-state index contributed by atoms with van der Waals surface area (Å²) in [5.74, 6) is -3.55. The van der Waals surface area contributed by atoms with Gasteiger partial charge in [0.15, 0.2) is 0 Å². The molecule has 1 saturated heterocycles. The van der Waals surface area contributed by atoms with Gasteiger partial charge >= 0.3 is 0 Å². The number of carbonyl (C=O) groups is 2. The molecule has 1 aromatic carbocycles. The van der Waals surface area contributed by atoms with E-state index in [-0.39, 0.29) is 30.4 Å². The Morgan fingerprint density at radius 1 is 1.17 bits per heavy atom. The van der Waals surface area contributed by atoms with Crippen molar-refractivity contribution in [2.45, 2.75) is 37.5 Å². The van der Waals surface area contributed by atoms with Crippen molar-refractivity contribution in [1.29, 1.82) is 5.26 Å². The number of benzene rings is 1. The highest BCUT2D eigenvalue weighted by atomic mass is 19.3. The highest BCUT2D eigenvalue weighted by molar-refractivity contribution is 6.04. The second-order valence-corrected chi connectivity index (χ2v) is 9.48. The standard InChI is InChI=1S/C26H25F2N5O2/c1-32-15-21(17-5-8-33(9-6-17)25(35)18-12-26(27,28)13-18)20-11-19(2-3-23(20)32)31-24(34)22-10-16(14-29)4-7-30-22/h2-4,7,10-11,15,17-18H,5-6,8-9,12-13H2,1H3,(H,31,34). The van der Waals surface area contributed by atoms with Crippen LogP contribution in [0.1, 0.15) is 53.2 Å². The molecule has 35 heavy (non-hydrogen) atoms. The highest BCUT2D eigenvalue weighted by Gasteiger charge is 2.50. The first-order chi connectivity index (χ1) is 16.7. The van der Waals surface area contributed by atoms with Crippen molar-refractivity contribution in [1.82, 2.24) is 14.5 Å². The molecule has 180 valence electrons. The SMILES string of the molecule is Cn1cc(C2CCN(C(=O)C3CC(F)(F)C3)CC2)c2cc(NC(=O)c3cc(C#N)ccn3)ccc21. The van der Waals surface area contributed by atoms with E-state index in [1.165, 1.54) is 12.3 Å². The van der Waals surface area contributed by atoms with Gasteiger partial charge in [-0.15, -0.1) is 0 Å². The molecule has 9 heteroatoms. The molecule has 7 nitrogen and oxygen atoms in total. The summed E-state index contributed by atoms with van der Waals surface area (Å²) in [6, 6.07) is 10.7. The van der Waals surface area contributed by atoms with E-state index >= 15 is 0 Å². The number of likely N-dealkylation sites (tertiary alicyclic amines) is 1. The minimum absolute atomic E-state index is 0.147. The number of hydrogen-bond donors (Lipinski definition) is 1. The lowest BCUT2D eigenvalue weighted by Crippen LogP contribution is -2.48. The Balaban J connectivity index is 1.30. The average molecular weight is 478 g/mol. The van der Waals surface area contributed by atoms with Crippen LogP contribution in [0.2, 0.25) is 0 Å². The van der Waals surface area contributed by atoms with E-state index in [2.05, 4.69) is 16.5 Å². The van der Waals surface area contributed by atoms with E-state index in [9.17, 15) is 18.4 Å². The Labute approximate surface area is 201 Å². The summed E-state index contributed by atoms with van der Waals surface area (Å²) in [7, 11) is 1.97. The number of aryl methyl sites for hydroxylation is 1. The van der Waals surface area contributed by atoms with Crippen molar-refractivity contribution in [2.24, 2.45) is 13.0 Å². The van der Waals surface area contributed by atoms with Crippen LogP contribution in [0.25, 0.3) is 10.9 Å². The number of halogens is 2. The number of aromatic nitrogens is 2. The molecule has 1 N–H and O–H groups in total. The maximum atomic E-state index is 13.2. The molecule has 2 amide bonds. The van der Waals surface area contributed by atoms with Gasteiger partial charge < -0.3 is 14.8 Å². The normalized spacial score (nSPS) is 18.2. The second kappa shape index (κ2) is 8.77. The van der Waals surface area contributed by atoms with Crippen molar-refractivity contribution >= 4 is 28.4 Å². The molecule has 3 heterocycles. The van der Waals surface area contributed by atoms with Gasteiger partial charge in [-0.2, -0.15) is 5.26 Å². The van der Waals surface area contributed by atoms with E-state index in [4.69, 9.17) is 5.26 Å². The smallest absolute Gasteiger partial charge is 0.274 e. The maximum Gasteiger partial charge on any atom is 0.274 e. The number of alkyl halides is 2. The van der Waals surface area contributed by atoms with Crippen LogP contribution in [0.4, 0.5) is 14.5 Å². The van der Waals surface area contributed by atoms with Crippen LogP contribution in [0.15, 0.2) is 42.7 Å². The van der Waals surface area contributed by atoms with Gasteiger partial charge in [-0.05, 0) is 54.7 Å². The second-order valence-electron chi connectivity index (χ2n) is 9.48. The molecule has 2 aliphatic rings. The Bertz CT molecular complexity index is 1340. The minimum Gasteiger partial charge on any atom is -0.350 e. The Morgan fingerprint density at radius 3 is 2.60 bits per heavy atom. The molecule has 0 bridgehead atoms. The quantitative estimate of drug-likeness (QED) is 0.601. The van der Waals surface area contributed by atoms with Crippen molar-refractivity contribution < 1.29 is 18.4 Å². The molecule has 5 rings (SSSR count). The van der Waals surface area contributed by atoms with Crippen LogP contribution >= 0.6 is 0 Å². The van der Waals surface area contributed by atoms with Gasteiger partial charge in [0.2, 0.25) is 11.8 Å². The van der Waals surface area contributed by atoms with Crippen LogP contribution < -0.4 is 5.32 Å². The number of pyridine rings is 1. The summed E-state index contributed by atoms with van der Waals surface area (Å²) in [5, 5.41) is 12.9. The van der Waals surface area contributed by atoms with Crippen LogP contribution in [-0.4, -0.2) is 45.3 Å². The monoisotopic (exact) mass is 477 g/mol. The molecule has 2 fully saturated rings. The molecule has 0 spiro atoms. The van der Waals surface area contributed by atoms with Crippen LogP contribution in [0.3, 0.4) is 0 Å². The molecule has 2 aromatic heterocycles. The number of nitriles is 1. The molecule has 0 atom stereocenters. The number of fused-ring (bicyclic) bond motifs is 1. The number of hydrogen-bond acceptors (Lipinski definition) is 4. The fraction of sp³-hybridized carbons (Fsp3) is 0.385. The summed E-state index contributed by atoms with van der Waals surface area (Å²) in [6.07, 6.45) is 4.37. The van der Waals surface area contributed by atoms with Crippen LogP contribution in [0, 0.1) is 17.2 Å². The summed E-state index contributed by atoms with van der Waals surface area (Å²) >= 11 is 0. The molecule has 3 aromatic rings. The van der Waals surface area contributed by atoms with E-state index in [1.54, 1.807) is 11.0 Å². The predicted octanol–water partition coefficient (Wildman–Crippen LogP) is 4.45. The van der Waals surface area contributed by atoms with E-state index in [0.29, 0.717) is 24.3 Å². The highest BCUT2D eigenvalue weighted by Crippen LogP contribution is 2.44. The van der Waals surface area contributed by atoms with Crippen molar-refractivity contribution in [3.05, 3.63) is 59.5 Å². The molecule has 1 aliphatic heterocycles. The molecule has 1 aliphatic carbocycles. The molecular weight excluding hydrogens is 452 g/mol. The number of amides is 2. The van der Waals surface area contributed by atoms with Gasteiger partial charge in [0.1, 0.15) is 5.69 Å². The van der Waals surface area contributed by atoms with Gasteiger partial charge in [-0.1, -0.05) is 0 Å².